The van der Waals surface area contributed by atoms with Crippen molar-refractivity contribution >= 4 is 12.4 Å². The molecule has 1 aromatic rings. The molecule has 1 atom stereocenters. The van der Waals surface area contributed by atoms with Gasteiger partial charge in [0.25, 0.3) is 0 Å². The highest BCUT2D eigenvalue weighted by Crippen LogP contribution is 1.96. The zero-order valence-electron chi connectivity index (χ0n) is 8.11. The molecule has 0 amide bonds. The average Bonchev–Trinajstić information content (AvgIpc) is 2.69. The average molecular weight is 213 g/mol. The largest absolute Gasteiger partial charge is 0.480 e. The number of carboxylic acids is 1. The lowest BCUT2D eigenvalue weighted by Crippen LogP contribution is -2.24. The van der Waals surface area contributed by atoms with Crippen LogP contribution in [0.4, 0.5) is 0 Å². The van der Waals surface area contributed by atoms with Crippen molar-refractivity contribution in [2.24, 2.45) is 4.99 Å². The van der Waals surface area contributed by atoms with Crippen molar-refractivity contribution in [1.82, 2.24) is 9.78 Å². The molecule has 0 fully saturated rings. The summed E-state index contributed by atoms with van der Waals surface area (Å²) in [4.78, 5) is 23.0. The van der Waals surface area contributed by atoms with Gasteiger partial charge in [-0.25, -0.2) is 9.79 Å². The van der Waals surface area contributed by atoms with Gasteiger partial charge < -0.3 is 9.99 Å². The normalized spacial score (nSPS) is 12.9. The van der Waals surface area contributed by atoms with Crippen LogP contribution < -0.4 is 0 Å². The number of hydrogen-bond donors (Lipinski definition) is 1. The van der Waals surface area contributed by atoms with Gasteiger partial charge in [-0.1, -0.05) is 0 Å². The van der Waals surface area contributed by atoms with Crippen molar-refractivity contribution < 1.29 is 19.7 Å². The molecule has 15 heavy (non-hydrogen) atoms. The number of aromatic nitrogens is 2. The maximum absolute atomic E-state index is 10.8. The Morgan fingerprint density at radius 2 is 2.60 bits per heavy atom. The van der Waals surface area contributed by atoms with Gasteiger partial charge in [0.1, 0.15) is 0 Å². The minimum Gasteiger partial charge on any atom is -0.480 e. The first-order chi connectivity index (χ1) is 7.24. The van der Waals surface area contributed by atoms with E-state index < -0.39 is 12.0 Å². The van der Waals surface area contributed by atoms with E-state index in [2.05, 4.69) is 19.9 Å². The smallest absolute Gasteiger partial charge is 0.330 e. The number of nitrogens with zero attached hydrogens (tertiary/aromatic N) is 3. The molecule has 0 aromatic carbocycles. The first kappa shape index (κ1) is 11.2. The molecule has 1 rings (SSSR count). The van der Waals surface area contributed by atoms with Crippen LogP contribution in [-0.4, -0.2) is 40.4 Å². The predicted molar refractivity (Wildman–Crippen MR) is 50.2 cm³/mol. The molecule has 7 heteroatoms. The summed E-state index contributed by atoms with van der Waals surface area (Å²) in [5, 5.41) is 12.7. The Labute approximate surface area is 85.9 Å². The van der Waals surface area contributed by atoms with E-state index >= 15 is 0 Å². The highest BCUT2D eigenvalue weighted by Gasteiger charge is 2.16. The molecule has 0 aliphatic heterocycles. The van der Waals surface area contributed by atoms with Crippen molar-refractivity contribution in [2.75, 3.05) is 7.11 Å². The molecule has 0 aliphatic carbocycles. The minimum absolute atomic E-state index is 0.145. The van der Waals surface area contributed by atoms with Crippen molar-refractivity contribution in [3.63, 3.8) is 0 Å². The minimum atomic E-state index is -1.05. The maximum atomic E-state index is 10.8. The number of carbonyl (C=O) groups is 1. The van der Waals surface area contributed by atoms with Crippen molar-refractivity contribution in [3.05, 3.63) is 18.5 Å². The summed E-state index contributed by atoms with van der Waals surface area (Å²) in [6, 6.07) is 0.758. The van der Waals surface area contributed by atoms with E-state index in [0.717, 1.165) is 6.40 Å². The molecular weight excluding hydrogens is 202 g/mol. The van der Waals surface area contributed by atoms with Gasteiger partial charge in [0.2, 0.25) is 6.40 Å². The van der Waals surface area contributed by atoms with Gasteiger partial charge >= 0.3 is 5.97 Å². The Kier molecular flexibility index (Phi) is 4.30. The molecule has 0 radical (unpaired) electrons. The van der Waals surface area contributed by atoms with Crippen LogP contribution >= 0.6 is 0 Å². The summed E-state index contributed by atoms with van der Waals surface area (Å²) >= 11 is 0. The van der Waals surface area contributed by atoms with Crippen LogP contribution in [0.25, 0.3) is 0 Å². The van der Waals surface area contributed by atoms with E-state index in [0.29, 0.717) is 0 Å². The summed E-state index contributed by atoms with van der Waals surface area (Å²) in [6.07, 6.45) is 4.17. The number of carboxylic acid groups (broad SMARTS) is 1. The zero-order chi connectivity index (χ0) is 11.1. The van der Waals surface area contributed by atoms with Crippen LogP contribution in [0.5, 0.6) is 0 Å². The SMILES string of the molecule is COOC=N[C@@H](Cn1cccn1)C(=O)O. The third kappa shape index (κ3) is 3.77. The molecule has 0 unspecified atom stereocenters. The van der Waals surface area contributed by atoms with Crippen LogP contribution in [0.2, 0.25) is 0 Å². The summed E-state index contributed by atoms with van der Waals surface area (Å²) in [7, 11) is 1.30. The second kappa shape index (κ2) is 5.76. The Balaban J connectivity index is 2.55. The lowest BCUT2D eigenvalue weighted by molar-refractivity contribution is -0.188. The molecule has 1 N–H and O–H groups in total. The van der Waals surface area contributed by atoms with E-state index in [4.69, 9.17) is 5.11 Å². The number of rotatable bonds is 6. The van der Waals surface area contributed by atoms with E-state index in [1.807, 2.05) is 0 Å². The highest BCUT2D eigenvalue weighted by molar-refractivity contribution is 5.75. The van der Waals surface area contributed by atoms with Gasteiger partial charge in [0.15, 0.2) is 6.04 Å². The molecule has 1 heterocycles. The van der Waals surface area contributed by atoms with Crippen LogP contribution in [-0.2, 0) is 21.1 Å². The summed E-state index contributed by atoms with van der Waals surface area (Å²) in [5.41, 5.74) is 0. The highest BCUT2D eigenvalue weighted by atomic mass is 17.2. The maximum Gasteiger partial charge on any atom is 0.330 e. The standard InChI is InChI=1S/C8H11N3O4/c1-14-15-6-9-7(8(12)13)5-11-4-2-3-10-11/h2-4,6-7H,5H2,1H3,(H,12,13)/t7-/m0/s1. The lowest BCUT2D eigenvalue weighted by atomic mass is 10.3. The van der Waals surface area contributed by atoms with Crippen LogP contribution in [0, 0.1) is 0 Å². The van der Waals surface area contributed by atoms with Gasteiger partial charge in [-0.3, -0.25) is 4.68 Å². The second-order valence-electron chi connectivity index (χ2n) is 2.60. The summed E-state index contributed by atoms with van der Waals surface area (Å²) in [5.74, 6) is -1.05. The zero-order valence-corrected chi connectivity index (χ0v) is 8.11. The van der Waals surface area contributed by atoms with E-state index in [1.54, 1.807) is 18.5 Å². The molecule has 0 spiro atoms. The Bertz CT molecular complexity index is 323. The quantitative estimate of drug-likeness (QED) is 0.309. The van der Waals surface area contributed by atoms with Crippen LogP contribution in [0.3, 0.4) is 0 Å². The molecule has 1 aromatic heterocycles. The molecular formula is C8H11N3O4. The Hall–Kier alpha value is -1.89. The second-order valence-corrected chi connectivity index (χ2v) is 2.60. The third-order valence-corrected chi connectivity index (χ3v) is 1.58. The molecule has 82 valence electrons. The fourth-order valence-corrected chi connectivity index (χ4v) is 0.916. The van der Waals surface area contributed by atoms with Crippen molar-refractivity contribution in [1.29, 1.82) is 0 Å². The fourth-order valence-electron chi connectivity index (χ4n) is 0.916. The molecule has 0 aliphatic rings. The van der Waals surface area contributed by atoms with E-state index in [1.165, 1.54) is 11.8 Å². The van der Waals surface area contributed by atoms with Crippen LogP contribution in [0.1, 0.15) is 0 Å². The Morgan fingerprint density at radius 3 is 3.13 bits per heavy atom. The summed E-state index contributed by atoms with van der Waals surface area (Å²) < 4.78 is 1.48. The monoisotopic (exact) mass is 213 g/mol. The number of aliphatic carboxylic acids is 1. The Morgan fingerprint density at radius 1 is 1.80 bits per heavy atom. The van der Waals surface area contributed by atoms with E-state index in [9.17, 15) is 4.79 Å². The predicted octanol–water partition coefficient (Wildman–Crippen LogP) is -0.0574. The van der Waals surface area contributed by atoms with Gasteiger partial charge in [0.05, 0.1) is 13.7 Å². The molecule has 7 nitrogen and oxygen atoms in total. The fraction of sp³-hybridized carbons (Fsp3) is 0.375. The topological polar surface area (TPSA) is 85.9 Å². The van der Waals surface area contributed by atoms with Crippen LogP contribution in [0.15, 0.2) is 23.5 Å². The molecule has 0 bridgehead atoms. The number of aliphatic imine (C=N–C) groups is 1. The first-order valence-electron chi connectivity index (χ1n) is 4.15. The van der Waals surface area contributed by atoms with E-state index in [-0.39, 0.29) is 6.54 Å². The van der Waals surface area contributed by atoms with Gasteiger partial charge in [0, 0.05) is 12.4 Å². The van der Waals surface area contributed by atoms with Gasteiger partial charge in [-0.05, 0) is 6.07 Å². The lowest BCUT2D eigenvalue weighted by Gasteiger charge is -2.06. The van der Waals surface area contributed by atoms with Crippen molar-refractivity contribution in [2.45, 2.75) is 12.6 Å². The molecule has 0 saturated heterocycles. The van der Waals surface area contributed by atoms with Crippen molar-refractivity contribution in [3.8, 4) is 0 Å². The van der Waals surface area contributed by atoms with Gasteiger partial charge in [-0.2, -0.15) is 9.99 Å². The molecule has 0 saturated carbocycles. The first-order valence-corrected chi connectivity index (χ1v) is 4.15. The third-order valence-electron chi connectivity index (χ3n) is 1.58. The van der Waals surface area contributed by atoms with Gasteiger partial charge in [-0.15, -0.1) is 0 Å². The number of hydrogen-bond acceptors (Lipinski definition) is 5. The summed E-state index contributed by atoms with van der Waals surface area (Å²) in [6.45, 7) is 0.145.